The van der Waals surface area contributed by atoms with Crippen molar-refractivity contribution in [3.63, 3.8) is 0 Å². The molecule has 0 aromatic heterocycles. The van der Waals surface area contributed by atoms with Gasteiger partial charge in [-0.2, -0.15) is 0 Å². The van der Waals surface area contributed by atoms with Gasteiger partial charge in [-0.25, -0.2) is 4.99 Å². The second kappa shape index (κ2) is 8.55. The molecule has 0 spiro atoms. The van der Waals surface area contributed by atoms with E-state index in [1.54, 1.807) is 0 Å². The smallest absolute Gasteiger partial charge is 0.145 e. The summed E-state index contributed by atoms with van der Waals surface area (Å²) in [6.45, 7) is 7.74. The Hall–Kier alpha value is -1.45. The summed E-state index contributed by atoms with van der Waals surface area (Å²) in [5.41, 5.74) is 5.31. The number of aliphatic imine (C=N–C) groups is 1. The Bertz CT molecular complexity index is 160. The molecule has 4 heteroatoms. The fourth-order valence-electron chi connectivity index (χ4n) is 0.279. The molecule has 0 unspecified atom stereocenters. The van der Waals surface area contributed by atoms with Crippen molar-refractivity contribution < 1.29 is 0 Å². The van der Waals surface area contributed by atoms with Crippen LogP contribution in [0.5, 0.6) is 0 Å². The molecule has 0 aliphatic rings. The van der Waals surface area contributed by atoms with Gasteiger partial charge in [0.1, 0.15) is 11.7 Å². The largest absolute Gasteiger partial charge is 0.387 e. The highest BCUT2D eigenvalue weighted by Gasteiger charge is 1.86. The number of nitrogens with two attached hydrogens (primary N) is 1. The van der Waals surface area contributed by atoms with Crippen LogP contribution in [0.15, 0.2) is 17.6 Å². The molecular weight excluding hydrogens is 140 g/mol. The van der Waals surface area contributed by atoms with E-state index in [-0.39, 0.29) is 5.84 Å². The molecule has 0 aliphatic heterocycles. The third kappa shape index (κ3) is 8.55. The van der Waals surface area contributed by atoms with Gasteiger partial charge in [-0.15, -0.1) is 0 Å². The van der Waals surface area contributed by atoms with E-state index in [4.69, 9.17) is 16.6 Å². The Morgan fingerprint density at radius 1 is 1.64 bits per heavy atom. The summed E-state index contributed by atoms with van der Waals surface area (Å²) in [7, 11) is 0. The zero-order valence-corrected chi connectivity index (χ0v) is 6.72. The van der Waals surface area contributed by atoms with Crippen molar-refractivity contribution in [2.45, 2.75) is 13.3 Å². The van der Waals surface area contributed by atoms with Crippen LogP contribution in [-0.4, -0.2) is 18.4 Å². The lowest BCUT2D eigenvalue weighted by Crippen LogP contribution is -2.11. The lowest BCUT2D eigenvalue weighted by atomic mass is 10.4. The SMILES string of the molecule is C=CC(=N)N=C(N)CC.C=N. The molecule has 0 aromatic rings. The minimum absolute atomic E-state index is 0.120. The summed E-state index contributed by atoms with van der Waals surface area (Å²) in [6, 6.07) is 0. The maximum Gasteiger partial charge on any atom is 0.145 e. The van der Waals surface area contributed by atoms with Crippen LogP contribution in [0.1, 0.15) is 13.3 Å². The Balaban J connectivity index is 0. The van der Waals surface area contributed by atoms with Gasteiger partial charge in [0.2, 0.25) is 0 Å². The topological polar surface area (TPSA) is 86.1 Å². The summed E-state index contributed by atoms with van der Waals surface area (Å²) in [5, 5.41) is 12.5. The number of hydrogen-bond acceptors (Lipinski definition) is 2. The summed E-state index contributed by atoms with van der Waals surface area (Å²) >= 11 is 0. The van der Waals surface area contributed by atoms with Crippen LogP contribution < -0.4 is 5.73 Å². The van der Waals surface area contributed by atoms with Crippen molar-refractivity contribution in [2.24, 2.45) is 10.7 Å². The molecule has 0 bridgehead atoms. The average molecular weight is 154 g/mol. The second-order valence-electron chi connectivity index (χ2n) is 1.55. The van der Waals surface area contributed by atoms with E-state index in [1.165, 1.54) is 6.08 Å². The van der Waals surface area contributed by atoms with Crippen molar-refractivity contribution in [3.05, 3.63) is 12.7 Å². The minimum Gasteiger partial charge on any atom is -0.387 e. The van der Waals surface area contributed by atoms with Gasteiger partial charge in [-0.05, 0) is 12.8 Å². The lowest BCUT2D eigenvalue weighted by Gasteiger charge is -1.91. The Morgan fingerprint density at radius 2 is 2.09 bits per heavy atom. The highest BCUT2D eigenvalue weighted by molar-refractivity contribution is 6.00. The fourth-order valence-corrected chi connectivity index (χ4v) is 0.279. The molecular formula is C7H14N4. The zero-order chi connectivity index (χ0) is 9.28. The molecule has 0 aliphatic carbocycles. The first-order chi connectivity index (χ1) is 5.20. The molecule has 0 heterocycles. The normalized spacial score (nSPS) is 9.36. The van der Waals surface area contributed by atoms with E-state index in [1.807, 2.05) is 6.92 Å². The van der Waals surface area contributed by atoms with E-state index in [0.29, 0.717) is 12.3 Å². The van der Waals surface area contributed by atoms with Gasteiger partial charge in [0.15, 0.2) is 0 Å². The van der Waals surface area contributed by atoms with Gasteiger partial charge in [0.25, 0.3) is 0 Å². The molecule has 0 saturated carbocycles. The highest BCUT2D eigenvalue weighted by atomic mass is 14.9. The maximum atomic E-state index is 6.99. The van der Waals surface area contributed by atoms with Crippen LogP contribution >= 0.6 is 0 Å². The van der Waals surface area contributed by atoms with E-state index in [0.717, 1.165) is 0 Å². The minimum atomic E-state index is 0.120. The van der Waals surface area contributed by atoms with Crippen molar-refractivity contribution >= 4 is 18.4 Å². The first kappa shape index (κ1) is 12.2. The lowest BCUT2D eigenvalue weighted by molar-refractivity contribution is 1.24. The number of hydrogen-bond donors (Lipinski definition) is 3. The van der Waals surface area contributed by atoms with Crippen molar-refractivity contribution in [1.82, 2.24) is 0 Å². The molecule has 0 amide bonds. The standard InChI is InChI=1S/C6H11N3.CH3N/c1-3-5(7)9-6(8)4-2;1-2/h3H,1,4H2,2H3,(H3,7,8,9);2H,1H2. The Morgan fingerprint density at radius 3 is 2.36 bits per heavy atom. The van der Waals surface area contributed by atoms with Crippen LogP contribution in [0.25, 0.3) is 0 Å². The van der Waals surface area contributed by atoms with Crippen LogP contribution in [-0.2, 0) is 0 Å². The summed E-state index contributed by atoms with van der Waals surface area (Å²) < 4.78 is 0. The molecule has 11 heavy (non-hydrogen) atoms. The average Bonchev–Trinajstić information content (AvgIpc) is 2.07. The number of nitrogens with zero attached hydrogens (tertiary/aromatic N) is 1. The quantitative estimate of drug-likeness (QED) is 0.405. The molecule has 0 saturated heterocycles. The molecule has 62 valence electrons. The second-order valence-corrected chi connectivity index (χ2v) is 1.55. The van der Waals surface area contributed by atoms with E-state index >= 15 is 0 Å². The van der Waals surface area contributed by atoms with Crippen molar-refractivity contribution in [1.29, 1.82) is 10.8 Å². The van der Waals surface area contributed by atoms with E-state index in [9.17, 15) is 0 Å². The Labute approximate surface area is 66.9 Å². The summed E-state index contributed by atoms with van der Waals surface area (Å²) in [4.78, 5) is 3.67. The van der Waals surface area contributed by atoms with Gasteiger partial charge in [0, 0.05) is 6.42 Å². The monoisotopic (exact) mass is 154 g/mol. The fraction of sp³-hybridized carbons (Fsp3) is 0.286. The first-order valence-electron chi connectivity index (χ1n) is 3.10. The molecule has 0 radical (unpaired) electrons. The summed E-state index contributed by atoms with van der Waals surface area (Å²) in [5.74, 6) is 0.592. The zero-order valence-electron chi connectivity index (χ0n) is 6.72. The van der Waals surface area contributed by atoms with Crippen LogP contribution in [0, 0.1) is 10.8 Å². The molecule has 4 nitrogen and oxygen atoms in total. The van der Waals surface area contributed by atoms with Gasteiger partial charge < -0.3 is 11.1 Å². The highest BCUT2D eigenvalue weighted by Crippen LogP contribution is 1.80. The molecule has 0 rings (SSSR count). The molecule has 0 aromatic carbocycles. The number of rotatable bonds is 2. The molecule has 0 fully saturated rings. The maximum absolute atomic E-state index is 6.99. The third-order valence-corrected chi connectivity index (χ3v) is 0.820. The van der Waals surface area contributed by atoms with Gasteiger partial charge >= 0.3 is 0 Å². The predicted molar refractivity (Wildman–Crippen MR) is 49.7 cm³/mol. The van der Waals surface area contributed by atoms with Crippen LogP contribution in [0.4, 0.5) is 0 Å². The third-order valence-electron chi connectivity index (χ3n) is 0.820. The van der Waals surface area contributed by atoms with Crippen molar-refractivity contribution in [3.8, 4) is 0 Å². The first-order valence-corrected chi connectivity index (χ1v) is 3.10. The van der Waals surface area contributed by atoms with Crippen LogP contribution in [0.2, 0.25) is 0 Å². The molecule has 4 N–H and O–H groups in total. The molecule has 0 atom stereocenters. The van der Waals surface area contributed by atoms with Gasteiger partial charge in [-0.3, -0.25) is 5.41 Å². The predicted octanol–water partition coefficient (Wildman–Crippen LogP) is 1.18. The van der Waals surface area contributed by atoms with Gasteiger partial charge in [-0.1, -0.05) is 13.5 Å². The number of nitrogens with one attached hydrogen (secondary N) is 2. The Kier molecular flexibility index (Phi) is 9.52. The van der Waals surface area contributed by atoms with E-state index < -0.39 is 0 Å². The van der Waals surface area contributed by atoms with Gasteiger partial charge in [0.05, 0.1) is 0 Å². The van der Waals surface area contributed by atoms with E-state index in [2.05, 4.69) is 18.3 Å². The van der Waals surface area contributed by atoms with Crippen LogP contribution in [0.3, 0.4) is 0 Å². The number of amidine groups is 2. The van der Waals surface area contributed by atoms with Crippen molar-refractivity contribution in [2.75, 3.05) is 0 Å². The summed E-state index contributed by atoms with van der Waals surface area (Å²) in [6.07, 6.45) is 2.03.